The second-order valence-electron chi connectivity index (χ2n) is 4.62. The number of imidazole rings is 1. The Kier molecular flexibility index (Phi) is 3.03. The van der Waals surface area contributed by atoms with Gasteiger partial charge in [-0.3, -0.25) is 4.57 Å². The van der Waals surface area contributed by atoms with Crippen LogP contribution in [0, 0.1) is 6.92 Å². The van der Waals surface area contributed by atoms with Gasteiger partial charge >= 0.3 is 5.69 Å². The molecule has 0 aliphatic rings. The Morgan fingerprint density at radius 3 is 2.79 bits per heavy atom. The van der Waals surface area contributed by atoms with Gasteiger partial charge in [0.05, 0.1) is 17.6 Å². The molecule has 0 bridgehead atoms. The molecule has 0 atom stereocenters. The Labute approximate surface area is 119 Å². The van der Waals surface area contributed by atoms with Gasteiger partial charge < -0.3 is 4.98 Å². The predicted molar refractivity (Wildman–Crippen MR) is 80.5 cm³/mol. The number of rotatable bonds is 2. The summed E-state index contributed by atoms with van der Waals surface area (Å²) in [5, 5.41) is 0. The van der Waals surface area contributed by atoms with E-state index in [4.69, 9.17) is 0 Å². The van der Waals surface area contributed by atoms with E-state index >= 15 is 0 Å². The van der Waals surface area contributed by atoms with Crippen molar-refractivity contribution in [2.45, 2.75) is 13.5 Å². The number of nitrogens with zero attached hydrogens (tertiary/aromatic N) is 1. The van der Waals surface area contributed by atoms with Crippen molar-refractivity contribution in [2.24, 2.45) is 0 Å². The van der Waals surface area contributed by atoms with Gasteiger partial charge in [0, 0.05) is 4.47 Å². The third-order valence-electron chi connectivity index (χ3n) is 3.25. The molecule has 0 spiro atoms. The Bertz CT molecular complexity index is 801. The van der Waals surface area contributed by atoms with E-state index < -0.39 is 0 Å². The molecule has 0 unspecified atom stereocenters. The van der Waals surface area contributed by atoms with Crippen molar-refractivity contribution in [2.75, 3.05) is 0 Å². The van der Waals surface area contributed by atoms with Crippen LogP contribution in [-0.2, 0) is 6.54 Å². The Morgan fingerprint density at radius 1 is 1.21 bits per heavy atom. The smallest absolute Gasteiger partial charge is 0.305 e. The molecule has 1 N–H and O–H groups in total. The minimum Gasteiger partial charge on any atom is -0.305 e. The van der Waals surface area contributed by atoms with E-state index in [1.165, 1.54) is 0 Å². The van der Waals surface area contributed by atoms with Crippen LogP contribution in [0.1, 0.15) is 11.1 Å². The average molecular weight is 317 g/mol. The minimum atomic E-state index is -0.0655. The number of aryl methyl sites for hydroxylation is 1. The van der Waals surface area contributed by atoms with Crippen molar-refractivity contribution < 1.29 is 0 Å². The highest BCUT2D eigenvalue weighted by Crippen LogP contribution is 2.17. The Hall–Kier alpha value is -1.81. The van der Waals surface area contributed by atoms with E-state index in [0.717, 1.165) is 26.6 Å². The van der Waals surface area contributed by atoms with Gasteiger partial charge in [-0.1, -0.05) is 40.2 Å². The van der Waals surface area contributed by atoms with Gasteiger partial charge in [0.25, 0.3) is 0 Å². The van der Waals surface area contributed by atoms with Crippen LogP contribution in [0.4, 0.5) is 0 Å². The largest absolute Gasteiger partial charge is 0.326 e. The van der Waals surface area contributed by atoms with Crippen molar-refractivity contribution in [1.29, 1.82) is 0 Å². The molecule has 3 aromatic rings. The first-order valence-corrected chi connectivity index (χ1v) is 6.87. The summed E-state index contributed by atoms with van der Waals surface area (Å²) >= 11 is 3.45. The topological polar surface area (TPSA) is 37.8 Å². The summed E-state index contributed by atoms with van der Waals surface area (Å²) in [6, 6.07) is 13.9. The van der Waals surface area contributed by atoms with Gasteiger partial charge in [0.15, 0.2) is 0 Å². The number of para-hydroxylation sites is 1. The molecule has 0 saturated carbocycles. The van der Waals surface area contributed by atoms with Gasteiger partial charge in [-0.25, -0.2) is 4.79 Å². The van der Waals surface area contributed by atoms with E-state index in [2.05, 4.69) is 20.9 Å². The highest BCUT2D eigenvalue weighted by Gasteiger charge is 2.08. The van der Waals surface area contributed by atoms with Crippen LogP contribution < -0.4 is 5.69 Å². The van der Waals surface area contributed by atoms with Crippen molar-refractivity contribution in [3.05, 3.63) is 68.5 Å². The molecule has 3 rings (SSSR count). The molecule has 0 saturated heterocycles. The molecule has 0 amide bonds. The summed E-state index contributed by atoms with van der Waals surface area (Å²) in [6.45, 7) is 2.57. The summed E-state index contributed by atoms with van der Waals surface area (Å²) in [4.78, 5) is 15.0. The maximum atomic E-state index is 12.1. The first kappa shape index (κ1) is 12.2. The minimum absolute atomic E-state index is 0.0655. The van der Waals surface area contributed by atoms with Gasteiger partial charge in [0.1, 0.15) is 0 Å². The molecule has 3 nitrogen and oxygen atoms in total. The predicted octanol–water partition coefficient (Wildman–Crippen LogP) is 3.45. The molecular formula is C15H13BrN2O. The number of aromatic nitrogens is 2. The maximum Gasteiger partial charge on any atom is 0.326 e. The van der Waals surface area contributed by atoms with E-state index in [1.807, 2.05) is 49.4 Å². The van der Waals surface area contributed by atoms with E-state index in [9.17, 15) is 4.79 Å². The van der Waals surface area contributed by atoms with Gasteiger partial charge in [0.2, 0.25) is 0 Å². The van der Waals surface area contributed by atoms with Crippen LogP contribution in [0.3, 0.4) is 0 Å². The van der Waals surface area contributed by atoms with Crippen LogP contribution in [0.15, 0.2) is 51.7 Å². The number of benzene rings is 2. The molecule has 19 heavy (non-hydrogen) atoms. The first-order valence-electron chi connectivity index (χ1n) is 6.08. The van der Waals surface area contributed by atoms with Crippen LogP contribution >= 0.6 is 15.9 Å². The van der Waals surface area contributed by atoms with Crippen molar-refractivity contribution in [3.8, 4) is 0 Å². The summed E-state index contributed by atoms with van der Waals surface area (Å²) in [6.07, 6.45) is 0. The number of halogens is 1. The van der Waals surface area contributed by atoms with E-state index in [0.29, 0.717) is 6.54 Å². The average Bonchev–Trinajstić information content (AvgIpc) is 2.69. The molecule has 4 heteroatoms. The third-order valence-corrected chi connectivity index (χ3v) is 3.74. The molecule has 2 aromatic carbocycles. The highest BCUT2D eigenvalue weighted by molar-refractivity contribution is 9.10. The van der Waals surface area contributed by atoms with Crippen LogP contribution in [0.5, 0.6) is 0 Å². The van der Waals surface area contributed by atoms with Crippen LogP contribution in [0.25, 0.3) is 11.0 Å². The fraction of sp³-hybridized carbons (Fsp3) is 0.133. The molecule has 0 fully saturated rings. The monoisotopic (exact) mass is 316 g/mol. The lowest BCUT2D eigenvalue weighted by Crippen LogP contribution is -2.17. The van der Waals surface area contributed by atoms with E-state index in [1.54, 1.807) is 4.57 Å². The zero-order valence-electron chi connectivity index (χ0n) is 10.5. The third kappa shape index (κ3) is 2.24. The number of hydrogen-bond donors (Lipinski definition) is 1. The standard InChI is InChI=1S/C15H13BrN2O/c1-10-4-2-7-13-14(10)17-15(19)18(13)9-11-5-3-6-12(16)8-11/h2-8H,9H2,1H3,(H,17,19). The summed E-state index contributed by atoms with van der Waals surface area (Å²) in [5.74, 6) is 0. The van der Waals surface area contributed by atoms with E-state index in [-0.39, 0.29) is 5.69 Å². The van der Waals surface area contributed by atoms with Gasteiger partial charge in [-0.05, 0) is 36.2 Å². The summed E-state index contributed by atoms with van der Waals surface area (Å²) in [7, 11) is 0. The first-order chi connectivity index (χ1) is 9.15. The van der Waals surface area contributed by atoms with Crippen LogP contribution in [0.2, 0.25) is 0 Å². The lowest BCUT2D eigenvalue weighted by atomic mass is 10.2. The lowest BCUT2D eigenvalue weighted by Gasteiger charge is -2.04. The van der Waals surface area contributed by atoms with Gasteiger partial charge in [-0.2, -0.15) is 0 Å². The van der Waals surface area contributed by atoms with Crippen molar-refractivity contribution in [3.63, 3.8) is 0 Å². The fourth-order valence-electron chi connectivity index (χ4n) is 2.30. The quantitative estimate of drug-likeness (QED) is 0.772. The highest BCUT2D eigenvalue weighted by atomic mass is 79.9. The maximum absolute atomic E-state index is 12.1. The lowest BCUT2D eigenvalue weighted by molar-refractivity contribution is 0.786. The molecule has 0 aliphatic heterocycles. The van der Waals surface area contributed by atoms with Crippen molar-refractivity contribution in [1.82, 2.24) is 9.55 Å². The van der Waals surface area contributed by atoms with Crippen molar-refractivity contribution >= 4 is 27.0 Å². The Morgan fingerprint density at radius 2 is 2.00 bits per heavy atom. The van der Waals surface area contributed by atoms with Crippen LogP contribution in [-0.4, -0.2) is 9.55 Å². The number of H-pyrrole nitrogens is 1. The number of aromatic amines is 1. The molecule has 0 aliphatic carbocycles. The fourth-order valence-corrected chi connectivity index (χ4v) is 2.75. The zero-order chi connectivity index (χ0) is 13.4. The normalized spacial score (nSPS) is 11.1. The molecular weight excluding hydrogens is 304 g/mol. The number of fused-ring (bicyclic) bond motifs is 1. The molecule has 1 aromatic heterocycles. The zero-order valence-corrected chi connectivity index (χ0v) is 12.1. The second kappa shape index (κ2) is 4.70. The number of nitrogens with one attached hydrogen (secondary N) is 1. The SMILES string of the molecule is Cc1cccc2c1[nH]c(=O)n2Cc1cccc(Br)c1. The Balaban J connectivity index is 2.13. The molecule has 1 heterocycles. The summed E-state index contributed by atoms with van der Waals surface area (Å²) < 4.78 is 2.79. The second-order valence-corrected chi connectivity index (χ2v) is 5.53. The van der Waals surface area contributed by atoms with Gasteiger partial charge in [-0.15, -0.1) is 0 Å². The molecule has 0 radical (unpaired) electrons. The number of hydrogen-bond acceptors (Lipinski definition) is 1. The molecule has 96 valence electrons. The summed E-state index contributed by atoms with van der Waals surface area (Å²) in [5.41, 5.74) is 3.98.